The number of para-hydroxylation sites is 1. The van der Waals surface area contributed by atoms with Crippen LogP contribution in [0.5, 0.6) is 0 Å². The number of aliphatic hydroxyl groups is 3. The van der Waals surface area contributed by atoms with E-state index in [1.807, 2.05) is 19.9 Å². The molecule has 1 aromatic heterocycles. The summed E-state index contributed by atoms with van der Waals surface area (Å²) in [7, 11) is 0. The van der Waals surface area contributed by atoms with E-state index in [1.54, 1.807) is 79.8 Å². The molecule has 41 nitrogen and oxygen atoms in total. The molecule has 1 heterocycles. The molecule has 0 aliphatic carbocycles. The summed E-state index contributed by atoms with van der Waals surface area (Å²) in [5.41, 5.74) is 35.8. The van der Waals surface area contributed by atoms with Gasteiger partial charge < -0.3 is 134 Å². The molecule has 0 spiro atoms. The van der Waals surface area contributed by atoms with Crippen LogP contribution in [0.4, 0.5) is 0 Å². The van der Waals surface area contributed by atoms with Gasteiger partial charge in [-0.3, -0.25) is 76.7 Å². The summed E-state index contributed by atoms with van der Waals surface area (Å²) in [4.78, 5) is 225. The molecule has 2 rings (SSSR count). The van der Waals surface area contributed by atoms with E-state index in [0.29, 0.717) is 57.1 Å². The van der Waals surface area contributed by atoms with Gasteiger partial charge in [0.2, 0.25) is 94.5 Å². The first-order chi connectivity index (χ1) is 57.5. The summed E-state index contributed by atoms with van der Waals surface area (Å²) in [6.07, 6.45) is 3.15. The summed E-state index contributed by atoms with van der Waals surface area (Å²) in [5, 5.41) is 70.5. The first kappa shape index (κ1) is 108. The van der Waals surface area contributed by atoms with Gasteiger partial charge in [0.1, 0.15) is 90.6 Å². The number of aliphatic hydroxyl groups excluding tert-OH is 3. The number of aromatic amines is 1. The Morgan fingerprint density at radius 2 is 0.746 bits per heavy atom. The Balaban J connectivity index is 2.30. The number of carbonyl (C=O) groups is 16. The van der Waals surface area contributed by atoms with E-state index < -0.39 is 223 Å². The fourth-order valence-corrected chi connectivity index (χ4v) is 12.9. The predicted molar refractivity (Wildman–Crippen MR) is 456 cm³/mol. The van der Waals surface area contributed by atoms with Gasteiger partial charge in [0.05, 0.1) is 25.9 Å². The molecule has 0 saturated heterocycles. The number of benzene rings is 1. The van der Waals surface area contributed by atoms with Crippen LogP contribution in [0.1, 0.15) is 192 Å². The van der Waals surface area contributed by atoms with Gasteiger partial charge in [-0.2, -0.15) is 0 Å². The normalized spacial score (nSPS) is 15.6. The maximum absolute atomic E-state index is 14.4. The zero-order chi connectivity index (χ0) is 92.2. The number of primary amides is 1. The number of nitrogens with two attached hydrogens (primary N) is 6. The molecule has 0 bridgehead atoms. The number of rotatable bonds is 60. The SMILES string of the molecule is CC[C@H](C)[C@H](NC(=O)[C@H](CCCCN)NC(=O)[C@H](CCCCN)NC(=O)[C@H](C)NC(=O)[C@@H](NC(=O)[C@H](CCCCN)NC(=O)[C@H](CO)NC(=O)[C@H](CC(C)C)NC(=O)[C@H](Cc1c[nH]c2ccccc12)NC(=O)[C@@H](N)CO)[C@@H](C)O)C(=O)NCC(=O)N[C@@H](C)C(=O)N[C@H](C(=O)N[C@@H](CC(C)C)C(=O)N[C@@H](CCCCN)C(=O)N[C@H](C(N)=O)C(C)C)C(C)C. The summed E-state index contributed by atoms with van der Waals surface area (Å²) in [6, 6.07) is -13.5. The highest BCUT2D eigenvalue weighted by Gasteiger charge is 2.39. The number of hydrogen-bond donors (Lipinski definition) is 25. The van der Waals surface area contributed by atoms with Crippen molar-refractivity contribution in [1.82, 2.24) is 84.7 Å². The van der Waals surface area contributed by atoms with E-state index in [0.717, 1.165) is 17.8 Å². The fourth-order valence-electron chi connectivity index (χ4n) is 12.9. The average Bonchev–Trinajstić information content (AvgIpc) is 1.68. The lowest BCUT2D eigenvalue weighted by molar-refractivity contribution is -0.137. The molecular formula is C81H142N22O19. The van der Waals surface area contributed by atoms with E-state index in [-0.39, 0.29) is 95.2 Å². The zero-order valence-electron chi connectivity index (χ0n) is 73.1. The third-order valence-corrected chi connectivity index (χ3v) is 20.4. The van der Waals surface area contributed by atoms with Crippen LogP contribution in [0.25, 0.3) is 10.9 Å². The van der Waals surface area contributed by atoms with Crippen molar-refractivity contribution in [2.24, 2.45) is 64.0 Å². The molecule has 16 amide bonds. The van der Waals surface area contributed by atoms with Gasteiger partial charge in [-0.25, -0.2) is 0 Å². The Bertz CT molecular complexity index is 3710. The molecular weight excluding hydrogens is 1590 g/mol. The van der Waals surface area contributed by atoms with Crippen molar-refractivity contribution < 1.29 is 92.0 Å². The van der Waals surface area contributed by atoms with E-state index in [2.05, 4.69) is 84.7 Å². The Morgan fingerprint density at radius 1 is 0.385 bits per heavy atom. The van der Waals surface area contributed by atoms with Crippen LogP contribution in [0, 0.1) is 29.6 Å². The van der Waals surface area contributed by atoms with Crippen LogP contribution < -0.4 is 114 Å². The molecule has 31 N–H and O–H groups in total. The average molecular weight is 1730 g/mol. The molecule has 0 radical (unpaired) electrons. The van der Waals surface area contributed by atoms with Gasteiger partial charge >= 0.3 is 0 Å². The number of aromatic nitrogens is 1. The topological polar surface area (TPSA) is 686 Å². The van der Waals surface area contributed by atoms with Crippen LogP contribution in [-0.2, 0) is 83.1 Å². The molecule has 690 valence electrons. The second-order valence-electron chi connectivity index (χ2n) is 32.6. The van der Waals surface area contributed by atoms with E-state index in [9.17, 15) is 92.0 Å². The number of nitrogens with one attached hydrogen (secondary N) is 16. The highest BCUT2D eigenvalue weighted by molar-refractivity contribution is 6.01. The van der Waals surface area contributed by atoms with Crippen molar-refractivity contribution in [3.63, 3.8) is 0 Å². The summed E-state index contributed by atoms with van der Waals surface area (Å²) in [5.74, 6) is -15.8. The fraction of sp³-hybridized carbons (Fsp3) is 0.704. The minimum atomic E-state index is -1.81. The highest BCUT2D eigenvalue weighted by atomic mass is 16.3. The first-order valence-corrected chi connectivity index (χ1v) is 42.4. The number of amides is 16. The largest absolute Gasteiger partial charge is 0.394 e. The molecule has 2 aromatic rings. The summed E-state index contributed by atoms with van der Waals surface area (Å²) < 4.78 is 0. The maximum Gasteiger partial charge on any atom is 0.245 e. The van der Waals surface area contributed by atoms with Crippen molar-refractivity contribution >= 4 is 105 Å². The minimum Gasteiger partial charge on any atom is -0.394 e. The molecule has 41 heteroatoms. The molecule has 0 aliphatic heterocycles. The lowest BCUT2D eigenvalue weighted by Gasteiger charge is -2.29. The van der Waals surface area contributed by atoms with Crippen molar-refractivity contribution in [3.8, 4) is 0 Å². The van der Waals surface area contributed by atoms with Crippen LogP contribution >= 0.6 is 0 Å². The lowest BCUT2D eigenvalue weighted by Crippen LogP contribution is -2.62. The molecule has 0 saturated carbocycles. The standard InChI is InChI=1S/C81H142N22O19/c1-14-46(10)65(79(120)89-39-62(107)90-47(11)69(110)101-64(45(8)9)80(121)98-59(36-43(4)5)75(116)94-55(28-18-22-32-83)72(113)100-63(44(6)7)67(87)108)102-73(114)56(29-19-23-33-84)93-71(112)54(27-17-21-31-82)92-68(109)48(12)91-81(122)66(49(13)106)103-74(115)57(30-20-24-34-85)95-78(119)61(41-105)99-76(117)58(35-42(2)3)97-77(118)60(96-70(111)52(86)40-104)37-50-38-88-53-26-16-15-25-51(50)53/h15-16,25-26,38,42-49,52,54-61,63-66,88,104-106H,14,17-24,27-37,39-41,82-86H2,1-13H3,(H2,87,108)(H,89,120)(H,90,107)(H,91,122)(H,92,109)(H,93,112)(H,94,116)(H,95,119)(H,96,111)(H,97,118)(H,98,121)(H,99,117)(H,100,113)(H,101,110)(H,102,114)(H,103,115)/t46-,47-,48-,49+,52-,54-,55-,56-,57-,58-,59-,60-,61-,63-,64-,65-,66-/m0/s1. The molecule has 1 aromatic carbocycles. The van der Waals surface area contributed by atoms with Crippen molar-refractivity contribution in [1.29, 1.82) is 0 Å². The van der Waals surface area contributed by atoms with Crippen LogP contribution in [0.2, 0.25) is 0 Å². The molecule has 0 aliphatic rings. The van der Waals surface area contributed by atoms with Crippen molar-refractivity contribution in [3.05, 3.63) is 36.0 Å². The maximum atomic E-state index is 14.4. The first-order valence-electron chi connectivity index (χ1n) is 42.4. The van der Waals surface area contributed by atoms with Gasteiger partial charge in [-0.15, -0.1) is 0 Å². The lowest BCUT2D eigenvalue weighted by atomic mass is 9.97. The number of fused-ring (bicyclic) bond motifs is 1. The number of carbonyl (C=O) groups excluding carboxylic acids is 16. The van der Waals surface area contributed by atoms with Crippen molar-refractivity contribution in [2.45, 2.75) is 289 Å². The second kappa shape index (κ2) is 56.6. The van der Waals surface area contributed by atoms with Gasteiger partial charge in [-0.05, 0) is 178 Å². The number of hydrogen-bond acceptors (Lipinski definition) is 24. The summed E-state index contributed by atoms with van der Waals surface area (Å²) >= 11 is 0. The molecule has 0 fully saturated rings. The van der Waals surface area contributed by atoms with Gasteiger partial charge in [0.25, 0.3) is 0 Å². The van der Waals surface area contributed by atoms with Gasteiger partial charge in [0, 0.05) is 23.5 Å². The van der Waals surface area contributed by atoms with E-state index in [1.165, 1.54) is 13.8 Å². The Morgan fingerprint density at radius 3 is 1.17 bits per heavy atom. The Kier molecular flexibility index (Phi) is 50.1. The third-order valence-electron chi connectivity index (χ3n) is 20.4. The molecule has 17 atom stereocenters. The third kappa shape index (κ3) is 38.2. The van der Waals surface area contributed by atoms with Crippen molar-refractivity contribution in [2.75, 3.05) is 45.9 Å². The monoisotopic (exact) mass is 1730 g/mol. The zero-order valence-corrected chi connectivity index (χ0v) is 73.1. The van der Waals surface area contributed by atoms with Crippen LogP contribution in [0.15, 0.2) is 30.5 Å². The number of H-pyrrole nitrogens is 1. The van der Waals surface area contributed by atoms with E-state index in [4.69, 9.17) is 34.4 Å². The summed E-state index contributed by atoms with van der Waals surface area (Å²) in [6.45, 7) is 19.3. The smallest absolute Gasteiger partial charge is 0.245 e. The highest BCUT2D eigenvalue weighted by Crippen LogP contribution is 2.21. The van der Waals surface area contributed by atoms with Crippen LogP contribution in [-0.4, -0.2) is 257 Å². The quantitative estimate of drug-likeness (QED) is 0.0275. The van der Waals surface area contributed by atoms with Gasteiger partial charge in [-0.1, -0.05) is 93.9 Å². The molecule has 122 heavy (non-hydrogen) atoms. The Hall–Kier alpha value is -10.0. The van der Waals surface area contributed by atoms with E-state index >= 15 is 0 Å². The molecule has 0 unspecified atom stereocenters. The Labute approximate surface area is 714 Å². The second-order valence-corrected chi connectivity index (χ2v) is 32.6. The van der Waals surface area contributed by atoms with Crippen LogP contribution in [0.3, 0.4) is 0 Å². The number of unbranched alkanes of at least 4 members (excludes halogenated alkanes) is 4. The van der Waals surface area contributed by atoms with Gasteiger partial charge in [0.15, 0.2) is 0 Å². The predicted octanol–water partition coefficient (Wildman–Crippen LogP) is -5.20. The minimum absolute atomic E-state index is 0.0119.